The van der Waals surface area contributed by atoms with E-state index in [9.17, 15) is 4.79 Å². The van der Waals surface area contributed by atoms with E-state index in [1.807, 2.05) is 31.2 Å². The smallest absolute Gasteiger partial charge is 0.176 e. The highest BCUT2D eigenvalue weighted by Crippen LogP contribution is 2.13. The maximum atomic E-state index is 12.3. The summed E-state index contributed by atoms with van der Waals surface area (Å²) in [6.07, 6.45) is 0. The summed E-state index contributed by atoms with van der Waals surface area (Å²) < 4.78 is 10.5. The largest absolute Gasteiger partial charge is 0.494 e. The highest BCUT2D eigenvalue weighted by molar-refractivity contribution is 5.97. The molecule has 0 aliphatic rings. The van der Waals surface area contributed by atoms with Gasteiger partial charge < -0.3 is 9.47 Å². The van der Waals surface area contributed by atoms with Gasteiger partial charge in [-0.05, 0) is 37.1 Å². The van der Waals surface area contributed by atoms with Gasteiger partial charge >= 0.3 is 0 Å². The zero-order valence-electron chi connectivity index (χ0n) is 13.6. The first-order valence-electron chi connectivity index (χ1n) is 7.54. The number of methoxy groups -OCH3 is 1. The lowest BCUT2D eigenvalue weighted by atomic mass is 10.1. The number of hydrogen-bond donors (Lipinski definition) is 0. The lowest BCUT2D eigenvalue weighted by molar-refractivity contribution is 0.0881. The number of Topliss-reactive ketones (excluding diaryl/α,β-unsaturated/α-hetero) is 1. The van der Waals surface area contributed by atoms with Crippen LogP contribution < -0.4 is 4.74 Å². The van der Waals surface area contributed by atoms with Crippen LogP contribution in [0.4, 0.5) is 0 Å². The van der Waals surface area contributed by atoms with E-state index in [2.05, 4.69) is 18.7 Å². The van der Waals surface area contributed by atoms with Gasteiger partial charge in [-0.2, -0.15) is 0 Å². The van der Waals surface area contributed by atoms with Crippen molar-refractivity contribution in [2.75, 3.05) is 40.0 Å². The molecule has 1 rings (SSSR count). The fourth-order valence-corrected chi connectivity index (χ4v) is 2.17. The van der Waals surface area contributed by atoms with Crippen LogP contribution >= 0.6 is 0 Å². The van der Waals surface area contributed by atoms with E-state index in [4.69, 9.17) is 9.47 Å². The zero-order chi connectivity index (χ0) is 15.7. The average Bonchev–Trinajstić information content (AvgIpc) is 2.45. The molecule has 0 bridgehead atoms. The molecule has 0 saturated carbocycles. The summed E-state index contributed by atoms with van der Waals surface area (Å²) in [5, 5.41) is 0. The van der Waals surface area contributed by atoms with E-state index in [0.29, 0.717) is 25.7 Å². The molecule has 1 aromatic carbocycles. The van der Waals surface area contributed by atoms with Crippen molar-refractivity contribution in [1.82, 2.24) is 4.90 Å². The second-order valence-corrected chi connectivity index (χ2v) is 5.50. The van der Waals surface area contributed by atoms with Crippen molar-refractivity contribution in [2.45, 2.75) is 20.8 Å². The number of hydrogen-bond acceptors (Lipinski definition) is 4. The number of benzene rings is 1. The molecule has 0 spiro atoms. The molecule has 0 atom stereocenters. The van der Waals surface area contributed by atoms with Crippen LogP contribution in [-0.2, 0) is 4.74 Å². The maximum absolute atomic E-state index is 12.3. The Balaban J connectivity index is 2.62. The predicted octanol–water partition coefficient (Wildman–Crippen LogP) is 2.87. The molecule has 0 heterocycles. The first kappa shape index (κ1) is 17.7. The first-order valence-corrected chi connectivity index (χ1v) is 7.54. The second-order valence-electron chi connectivity index (χ2n) is 5.50. The van der Waals surface area contributed by atoms with Crippen molar-refractivity contribution in [3.8, 4) is 5.75 Å². The van der Waals surface area contributed by atoms with Crippen molar-refractivity contribution in [3.05, 3.63) is 29.8 Å². The fraction of sp³-hybridized carbons (Fsp3) is 0.588. The molecule has 0 N–H and O–H groups in total. The minimum atomic E-state index is 0.134. The number of carbonyl (C=O) groups is 1. The minimum absolute atomic E-state index is 0.134. The summed E-state index contributed by atoms with van der Waals surface area (Å²) in [6, 6.07) is 7.35. The second kappa shape index (κ2) is 9.53. The monoisotopic (exact) mass is 293 g/mol. The van der Waals surface area contributed by atoms with Crippen LogP contribution in [0.1, 0.15) is 31.1 Å². The van der Waals surface area contributed by atoms with Crippen LogP contribution in [-0.4, -0.2) is 50.6 Å². The summed E-state index contributed by atoms with van der Waals surface area (Å²) in [5.41, 5.74) is 0.727. The molecule has 4 nitrogen and oxygen atoms in total. The number of ketones is 1. The fourth-order valence-electron chi connectivity index (χ4n) is 2.17. The summed E-state index contributed by atoms with van der Waals surface area (Å²) >= 11 is 0. The molecule has 0 saturated heterocycles. The third kappa shape index (κ3) is 6.74. The number of carbonyl (C=O) groups excluding carboxylic acids is 1. The zero-order valence-corrected chi connectivity index (χ0v) is 13.6. The minimum Gasteiger partial charge on any atom is -0.494 e. The quantitative estimate of drug-likeness (QED) is 0.622. The normalized spacial score (nSPS) is 11.1. The van der Waals surface area contributed by atoms with Crippen LogP contribution in [0.5, 0.6) is 5.75 Å². The molecule has 118 valence electrons. The van der Waals surface area contributed by atoms with E-state index in [1.54, 1.807) is 7.11 Å². The molecular formula is C17H27NO3. The molecule has 4 heteroatoms. The Bertz CT molecular complexity index is 415. The van der Waals surface area contributed by atoms with Gasteiger partial charge in [0.05, 0.1) is 19.8 Å². The van der Waals surface area contributed by atoms with Gasteiger partial charge in [0.25, 0.3) is 0 Å². The van der Waals surface area contributed by atoms with Gasteiger partial charge in [0.15, 0.2) is 5.78 Å². The third-order valence-corrected chi connectivity index (χ3v) is 3.09. The lowest BCUT2D eigenvalue weighted by Gasteiger charge is -2.23. The Morgan fingerprint density at radius 1 is 1.24 bits per heavy atom. The Morgan fingerprint density at radius 2 is 1.90 bits per heavy atom. The molecule has 0 unspecified atom stereocenters. The van der Waals surface area contributed by atoms with Gasteiger partial charge in [0.1, 0.15) is 5.75 Å². The molecule has 0 aliphatic heterocycles. The van der Waals surface area contributed by atoms with Crippen LogP contribution in [0, 0.1) is 5.92 Å². The number of ether oxygens (including phenoxy) is 2. The predicted molar refractivity (Wildman–Crippen MR) is 85.1 cm³/mol. The average molecular weight is 293 g/mol. The highest BCUT2D eigenvalue weighted by Gasteiger charge is 2.13. The first-order chi connectivity index (χ1) is 10.1. The van der Waals surface area contributed by atoms with Gasteiger partial charge in [-0.15, -0.1) is 0 Å². The van der Waals surface area contributed by atoms with Gasteiger partial charge in [0.2, 0.25) is 0 Å². The summed E-state index contributed by atoms with van der Waals surface area (Å²) in [5.74, 6) is 1.46. The Labute approximate surface area is 128 Å². The van der Waals surface area contributed by atoms with E-state index in [1.165, 1.54) is 0 Å². The van der Waals surface area contributed by atoms with Gasteiger partial charge in [-0.25, -0.2) is 0 Å². The maximum Gasteiger partial charge on any atom is 0.176 e. The summed E-state index contributed by atoms with van der Waals surface area (Å²) in [6.45, 7) is 9.62. The van der Waals surface area contributed by atoms with Crippen LogP contribution in [0.2, 0.25) is 0 Å². The molecule has 0 aliphatic carbocycles. The lowest BCUT2D eigenvalue weighted by Crippen LogP contribution is -2.35. The topological polar surface area (TPSA) is 38.8 Å². The number of rotatable bonds is 10. The SMILES string of the molecule is CCOc1ccc(C(=O)CN(CCOC)CC(C)C)cc1. The summed E-state index contributed by atoms with van der Waals surface area (Å²) in [7, 11) is 1.68. The van der Waals surface area contributed by atoms with E-state index < -0.39 is 0 Å². The number of nitrogens with zero attached hydrogens (tertiary/aromatic N) is 1. The molecule has 0 radical (unpaired) electrons. The van der Waals surface area contributed by atoms with Gasteiger partial charge in [0, 0.05) is 25.8 Å². The molecule has 0 aromatic heterocycles. The van der Waals surface area contributed by atoms with Gasteiger partial charge in [-0.3, -0.25) is 9.69 Å². The van der Waals surface area contributed by atoms with Crippen molar-refractivity contribution in [1.29, 1.82) is 0 Å². The van der Waals surface area contributed by atoms with E-state index >= 15 is 0 Å². The van der Waals surface area contributed by atoms with Crippen LogP contribution in [0.25, 0.3) is 0 Å². The molecule has 0 fully saturated rings. The van der Waals surface area contributed by atoms with Gasteiger partial charge in [-0.1, -0.05) is 13.8 Å². The van der Waals surface area contributed by atoms with Crippen molar-refractivity contribution < 1.29 is 14.3 Å². The van der Waals surface area contributed by atoms with E-state index in [0.717, 1.165) is 24.4 Å². The Hall–Kier alpha value is -1.39. The van der Waals surface area contributed by atoms with Crippen LogP contribution in [0.3, 0.4) is 0 Å². The third-order valence-electron chi connectivity index (χ3n) is 3.09. The standard InChI is InChI=1S/C17H27NO3/c1-5-21-16-8-6-15(7-9-16)17(19)13-18(10-11-20-4)12-14(2)3/h6-9,14H,5,10-13H2,1-4H3. The molecule has 21 heavy (non-hydrogen) atoms. The van der Waals surface area contributed by atoms with E-state index in [-0.39, 0.29) is 5.78 Å². The molecular weight excluding hydrogens is 266 g/mol. The molecule has 0 amide bonds. The van der Waals surface area contributed by atoms with Crippen molar-refractivity contribution in [3.63, 3.8) is 0 Å². The Kier molecular flexibility index (Phi) is 8.01. The molecule has 1 aromatic rings. The Morgan fingerprint density at radius 3 is 2.43 bits per heavy atom. The van der Waals surface area contributed by atoms with Crippen molar-refractivity contribution >= 4 is 5.78 Å². The summed E-state index contributed by atoms with van der Waals surface area (Å²) in [4.78, 5) is 14.5. The van der Waals surface area contributed by atoms with Crippen molar-refractivity contribution in [2.24, 2.45) is 5.92 Å². The highest BCUT2D eigenvalue weighted by atomic mass is 16.5. The van der Waals surface area contributed by atoms with Crippen LogP contribution in [0.15, 0.2) is 24.3 Å².